The molecule has 0 bridgehead atoms. The van der Waals surface area contributed by atoms with Crippen LogP contribution in [0.1, 0.15) is 19.3 Å². The maximum absolute atomic E-state index is 11.9. The van der Waals surface area contributed by atoms with Crippen LogP contribution in [0.25, 0.3) is 0 Å². The van der Waals surface area contributed by atoms with Gasteiger partial charge in [0.25, 0.3) is 0 Å². The van der Waals surface area contributed by atoms with E-state index in [1.165, 1.54) is 7.11 Å². The van der Waals surface area contributed by atoms with E-state index in [4.69, 9.17) is 9.84 Å². The van der Waals surface area contributed by atoms with Crippen LogP contribution in [-0.4, -0.2) is 47.5 Å². The number of imide groups is 1. The molecule has 2 rings (SSSR count). The van der Waals surface area contributed by atoms with E-state index in [2.05, 4.69) is 0 Å². The van der Waals surface area contributed by atoms with Gasteiger partial charge < -0.3 is 9.84 Å². The SMILES string of the molecule is COC(CN1C(=O)C2CCCC2C1=O)C(=O)O. The lowest BCUT2D eigenvalue weighted by Gasteiger charge is -2.19. The number of nitrogens with zero attached hydrogens (tertiary/aromatic N) is 1. The van der Waals surface area contributed by atoms with Crippen LogP contribution in [0.3, 0.4) is 0 Å². The highest BCUT2D eigenvalue weighted by molar-refractivity contribution is 6.05. The summed E-state index contributed by atoms with van der Waals surface area (Å²) in [6.07, 6.45) is 1.22. The van der Waals surface area contributed by atoms with Crippen molar-refractivity contribution in [1.29, 1.82) is 0 Å². The number of carbonyl (C=O) groups excluding carboxylic acids is 2. The zero-order valence-corrected chi connectivity index (χ0v) is 9.59. The minimum absolute atomic E-state index is 0.184. The van der Waals surface area contributed by atoms with Crippen molar-refractivity contribution in [3.05, 3.63) is 0 Å². The summed E-state index contributed by atoms with van der Waals surface area (Å²) >= 11 is 0. The van der Waals surface area contributed by atoms with Gasteiger partial charge in [-0.25, -0.2) is 4.79 Å². The van der Waals surface area contributed by atoms with E-state index in [0.717, 1.165) is 24.2 Å². The number of aliphatic carboxylic acids is 1. The molecule has 2 fully saturated rings. The van der Waals surface area contributed by atoms with Crippen LogP contribution in [0.4, 0.5) is 0 Å². The van der Waals surface area contributed by atoms with Crippen LogP contribution in [0.2, 0.25) is 0 Å². The van der Waals surface area contributed by atoms with Crippen LogP contribution >= 0.6 is 0 Å². The Labute approximate surface area is 98.5 Å². The fourth-order valence-electron chi connectivity index (χ4n) is 2.66. The molecule has 1 aliphatic heterocycles. The fraction of sp³-hybridized carbons (Fsp3) is 0.727. The second-order valence-electron chi connectivity index (χ2n) is 4.49. The smallest absolute Gasteiger partial charge is 0.334 e. The maximum Gasteiger partial charge on any atom is 0.334 e. The number of carbonyl (C=O) groups is 3. The Morgan fingerprint density at radius 1 is 1.41 bits per heavy atom. The van der Waals surface area contributed by atoms with Gasteiger partial charge in [-0.2, -0.15) is 0 Å². The normalized spacial score (nSPS) is 29.6. The average Bonchev–Trinajstić information content (AvgIpc) is 2.83. The van der Waals surface area contributed by atoms with Crippen molar-refractivity contribution in [1.82, 2.24) is 4.90 Å². The maximum atomic E-state index is 11.9. The minimum Gasteiger partial charge on any atom is -0.479 e. The Balaban J connectivity index is 2.09. The fourth-order valence-corrected chi connectivity index (χ4v) is 2.66. The van der Waals surface area contributed by atoms with E-state index in [1.54, 1.807) is 0 Å². The minimum atomic E-state index is -1.16. The number of amides is 2. The van der Waals surface area contributed by atoms with Crippen molar-refractivity contribution in [2.24, 2.45) is 11.8 Å². The number of hydrogen-bond donors (Lipinski definition) is 1. The highest BCUT2D eigenvalue weighted by atomic mass is 16.5. The number of ether oxygens (including phenoxy) is 1. The summed E-state index contributed by atoms with van der Waals surface area (Å²) in [5.74, 6) is -2.09. The number of carboxylic acids is 1. The summed E-state index contributed by atoms with van der Waals surface area (Å²) in [7, 11) is 1.25. The lowest BCUT2D eigenvalue weighted by atomic mass is 10.00. The molecule has 94 valence electrons. The van der Waals surface area contributed by atoms with Crippen LogP contribution in [-0.2, 0) is 19.1 Å². The summed E-state index contributed by atoms with van der Waals surface area (Å²) in [4.78, 5) is 35.7. The highest BCUT2D eigenvalue weighted by Gasteiger charge is 2.50. The zero-order valence-electron chi connectivity index (χ0n) is 9.59. The molecule has 1 heterocycles. The lowest BCUT2D eigenvalue weighted by molar-refractivity contribution is -0.152. The average molecular weight is 241 g/mol. The summed E-state index contributed by atoms with van der Waals surface area (Å²) in [6, 6.07) is 0. The molecule has 1 N–H and O–H groups in total. The third kappa shape index (κ3) is 1.93. The molecule has 3 unspecified atom stereocenters. The van der Waals surface area contributed by atoms with E-state index in [-0.39, 0.29) is 30.2 Å². The highest BCUT2D eigenvalue weighted by Crippen LogP contribution is 2.39. The van der Waals surface area contributed by atoms with Gasteiger partial charge in [-0.15, -0.1) is 0 Å². The first-order valence-electron chi connectivity index (χ1n) is 5.67. The molecule has 1 aliphatic carbocycles. The summed E-state index contributed by atoms with van der Waals surface area (Å²) in [6.45, 7) is -0.184. The molecular weight excluding hydrogens is 226 g/mol. The van der Waals surface area contributed by atoms with Gasteiger partial charge in [0.2, 0.25) is 11.8 Å². The molecule has 1 saturated heterocycles. The molecule has 0 aromatic heterocycles. The van der Waals surface area contributed by atoms with Crippen molar-refractivity contribution in [2.45, 2.75) is 25.4 Å². The molecule has 3 atom stereocenters. The number of likely N-dealkylation sites (tertiary alicyclic amines) is 1. The monoisotopic (exact) mass is 241 g/mol. The van der Waals surface area contributed by atoms with E-state index in [0.29, 0.717) is 0 Å². The first-order chi connectivity index (χ1) is 8.06. The largest absolute Gasteiger partial charge is 0.479 e. The van der Waals surface area contributed by atoms with Crippen LogP contribution in [0.15, 0.2) is 0 Å². The molecule has 0 spiro atoms. The third-order valence-electron chi connectivity index (χ3n) is 3.59. The van der Waals surface area contributed by atoms with E-state index in [9.17, 15) is 14.4 Å². The van der Waals surface area contributed by atoms with Gasteiger partial charge in [0.05, 0.1) is 18.4 Å². The summed E-state index contributed by atoms with van der Waals surface area (Å²) < 4.78 is 4.75. The zero-order chi connectivity index (χ0) is 12.6. The molecule has 0 radical (unpaired) electrons. The van der Waals surface area contributed by atoms with Crippen molar-refractivity contribution in [2.75, 3.05) is 13.7 Å². The van der Waals surface area contributed by atoms with Crippen LogP contribution in [0.5, 0.6) is 0 Å². The van der Waals surface area contributed by atoms with E-state index < -0.39 is 12.1 Å². The van der Waals surface area contributed by atoms with Gasteiger partial charge in [-0.1, -0.05) is 6.42 Å². The van der Waals surface area contributed by atoms with E-state index in [1.807, 2.05) is 0 Å². The number of fused-ring (bicyclic) bond motifs is 1. The Bertz CT molecular complexity index is 345. The number of rotatable bonds is 4. The second-order valence-corrected chi connectivity index (χ2v) is 4.49. The molecule has 0 aromatic carbocycles. The molecule has 17 heavy (non-hydrogen) atoms. The van der Waals surface area contributed by atoms with Gasteiger partial charge >= 0.3 is 5.97 Å². The lowest BCUT2D eigenvalue weighted by Crippen LogP contribution is -2.42. The van der Waals surface area contributed by atoms with Gasteiger partial charge in [0.15, 0.2) is 6.10 Å². The topological polar surface area (TPSA) is 83.9 Å². The first-order valence-corrected chi connectivity index (χ1v) is 5.67. The van der Waals surface area contributed by atoms with Gasteiger partial charge in [-0.05, 0) is 12.8 Å². The van der Waals surface area contributed by atoms with Crippen molar-refractivity contribution in [3.63, 3.8) is 0 Å². The van der Waals surface area contributed by atoms with Crippen molar-refractivity contribution in [3.8, 4) is 0 Å². The Morgan fingerprint density at radius 2 is 1.94 bits per heavy atom. The molecular formula is C11H15NO5. The number of carboxylic acid groups (broad SMARTS) is 1. The Hall–Kier alpha value is -1.43. The van der Waals surface area contributed by atoms with Crippen molar-refractivity contribution >= 4 is 17.8 Å². The van der Waals surface area contributed by atoms with Gasteiger partial charge in [-0.3, -0.25) is 14.5 Å². The third-order valence-corrected chi connectivity index (χ3v) is 3.59. The van der Waals surface area contributed by atoms with Crippen LogP contribution < -0.4 is 0 Å². The number of hydrogen-bond acceptors (Lipinski definition) is 4. The first kappa shape index (κ1) is 12.0. The summed E-state index contributed by atoms with van der Waals surface area (Å²) in [5.41, 5.74) is 0. The standard InChI is InChI=1S/C11H15NO5/c1-17-8(11(15)16)5-12-9(13)6-3-2-4-7(6)10(12)14/h6-8H,2-5H2,1H3,(H,15,16). The number of methoxy groups -OCH3 is 1. The second kappa shape index (κ2) is 4.44. The molecule has 2 aliphatic rings. The Kier molecular flexibility index (Phi) is 3.15. The van der Waals surface area contributed by atoms with Gasteiger partial charge in [0.1, 0.15) is 0 Å². The molecule has 1 saturated carbocycles. The molecule has 6 heteroatoms. The van der Waals surface area contributed by atoms with E-state index >= 15 is 0 Å². The van der Waals surface area contributed by atoms with Crippen molar-refractivity contribution < 1.29 is 24.2 Å². The summed E-state index contributed by atoms with van der Waals surface area (Å²) in [5, 5.41) is 8.83. The molecule has 2 amide bonds. The molecule has 6 nitrogen and oxygen atoms in total. The predicted molar refractivity (Wildman–Crippen MR) is 56.0 cm³/mol. The molecule has 0 aromatic rings. The Morgan fingerprint density at radius 3 is 2.35 bits per heavy atom. The van der Waals surface area contributed by atoms with Crippen LogP contribution in [0, 0.1) is 11.8 Å². The van der Waals surface area contributed by atoms with Gasteiger partial charge in [0, 0.05) is 7.11 Å². The predicted octanol–water partition coefficient (Wildman–Crippen LogP) is -0.129. The quantitative estimate of drug-likeness (QED) is 0.693.